The Labute approximate surface area is 174 Å². The van der Waals surface area contributed by atoms with E-state index in [-0.39, 0.29) is 11.8 Å². The zero-order valence-corrected chi connectivity index (χ0v) is 17.2. The molecule has 2 rings (SSSR count). The highest BCUT2D eigenvalue weighted by Crippen LogP contribution is 2.26. The first-order valence-electron chi connectivity index (χ1n) is 10.2. The van der Waals surface area contributed by atoms with Crippen LogP contribution >= 0.6 is 0 Å². The molecule has 4 atom stereocenters. The first kappa shape index (κ1) is 23.6. The lowest BCUT2D eigenvalue weighted by atomic mass is 10.0. The summed E-state index contributed by atoms with van der Waals surface area (Å²) in [5.41, 5.74) is 5.59. The molecule has 2 aliphatic heterocycles. The van der Waals surface area contributed by atoms with Crippen molar-refractivity contribution in [3.63, 3.8) is 0 Å². The first-order valence-corrected chi connectivity index (χ1v) is 10.2. The third kappa shape index (κ3) is 5.26. The molecule has 11 nitrogen and oxygen atoms in total. The molecule has 0 aromatic rings. The minimum atomic E-state index is -1.30. The summed E-state index contributed by atoms with van der Waals surface area (Å²) in [7, 11) is 0. The Bertz CT molecular complexity index is 711. The van der Waals surface area contributed by atoms with E-state index in [0.717, 1.165) is 0 Å². The van der Waals surface area contributed by atoms with E-state index in [4.69, 9.17) is 10.8 Å². The van der Waals surface area contributed by atoms with Crippen LogP contribution in [-0.4, -0.2) is 86.9 Å². The maximum Gasteiger partial charge on any atom is 0.326 e. The number of nitrogens with zero attached hydrogens (tertiary/aromatic N) is 2. The molecule has 11 heteroatoms. The number of carbonyl (C=O) groups excluding carboxylic acids is 3. The Morgan fingerprint density at radius 3 is 2.10 bits per heavy atom. The number of nitrogens with two attached hydrogens (primary N) is 1. The van der Waals surface area contributed by atoms with Crippen LogP contribution < -0.4 is 11.1 Å². The van der Waals surface area contributed by atoms with Crippen molar-refractivity contribution in [1.82, 2.24) is 15.1 Å². The first-order chi connectivity index (χ1) is 14.0. The van der Waals surface area contributed by atoms with Gasteiger partial charge in [0.1, 0.15) is 18.1 Å². The largest absolute Gasteiger partial charge is 0.481 e. The summed E-state index contributed by atoms with van der Waals surface area (Å²) in [6.07, 6.45) is 1.42. The molecule has 5 N–H and O–H groups in total. The average molecular weight is 426 g/mol. The van der Waals surface area contributed by atoms with Crippen molar-refractivity contribution < 1.29 is 34.2 Å². The van der Waals surface area contributed by atoms with E-state index in [1.165, 1.54) is 9.80 Å². The summed E-state index contributed by atoms with van der Waals surface area (Å²) in [4.78, 5) is 63.4. The molecule has 0 aromatic heterocycles. The minimum absolute atomic E-state index is 0.321. The predicted molar refractivity (Wildman–Crippen MR) is 104 cm³/mol. The van der Waals surface area contributed by atoms with E-state index in [9.17, 15) is 29.1 Å². The van der Waals surface area contributed by atoms with Gasteiger partial charge < -0.3 is 31.1 Å². The molecular formula is C19H30N4O7. The normalized spacial score (nSPS) is 23.3. The molecule has 168 valence electrons. The lowest BCUT2D eigenvalue weighted by Gasteiger charge is -2.33. The maximum absolute atomic E-state index is 13.2. The van der Waals surface area contributed by atoms with Gasteiger partial charge in [-0.1, -0.05) is 13.8 Å². The van der Waals surface area contributed by atoms with E-state index < -0.39 is 54.3 Å². The Morgan fingerprint density at radius 1 is 1.00 bits per heavy atom. The van der Waals surface area contributed by atoms with Crippen LogP contribution in [0.4, 0.5) is 0 Å². The van der Waals surface area contributed by atoms with Gasteiger partial charge in [-0.25, -0.2) is 4.79 Å². The van der Waals surface area contributed by atoms with Crippen molar-refractivity contribution in [3.8, 4) is 0 Å². The quantitative estimate of drug-likeness (QED) is 0.383. The van der Waals surface area contributed by atoms with Crippen LogP contribution in [0.2, 0.25) is 0 Å². The number of carboxylic acids is 2. The number of aliphatic carboxylic acids is 2. The number of nitrogens with one attached hydrogen (secondary N) is 1. The summed E-state index contributed by atoms with van der Waals surface area (Å²) in [6.45, 7) is 4.10. The van der Waals surface area contributed by atoms with Crippen LogP contribution in [0, 0.1) is 5.92 Å². The molecule has 0 spiro atoms. The molecule has 0 bridgehead atoms. The van der Waals surface area contributed by atoms with Crippen LogP contribution in [0.15, 0.2) is 0 Å². The van der Waals surface area contributed by atoms with Gasteiger partial charge in [-0.05, 0) is 31.6 Å². The van der Waals surface area contributed by atoms with Crippen molar-refractivity contribution in [2.45, 2.75) is 70.1 Å². The number of amides is 3. The van der Waals surface area contributed by atoms with Crippen LogP contribution in [0.5, 0.6) is 0 Å². The SMILES string of the molecule is CC(C)[C@H](NC(=O)[C@@H](N)CC(=O)O)C(=O)N1CCC[C@H]1C(=O)N1CCC[C@H]1C(=O)O. The highest BCUT2D eigenvalue weighted by atomic mass is 16.4. The van der Waals surface area contributed by atoms with Crippen molar-refractivity contribution in [2.24, 2.45) is 11.7 Å². The molecule has 0 unspecified atom stereocenters. The lowest BCUT2D eigenvalue weighted by molar-refractivity contribution is -0.152. The van der Waals surface area contributed by atoms with Crippen LogP contribution in [0.1, 0.15) is 46.0 Å². The number of hydrogen-bond donors (Lipinski definition) is 4. The lowest BCUT2D eigenvalue weighted by Crippen LogP contribution is -2.58. The summed E-state index contributed by atoms with van der Waals surface area (Å²) in [5, 5.41) is 20.7. The van der Waals surface area contributed by atoms with Crippen molar-refractivity contribution in [1.29, 1.82) is 0 Å². The number of carbonyl (C=O) groups is 5. The van der Waals surface area contributed by atoms with Crippen LogP contribution in [-0.2, 0) is 24.0 Å². The number of carboxylic acid groups (broad SMARTS) is 2. The highest BCUT2D eigenvalue weighted by molar-refractivity contribution is 5.95. The molecule has 2 saturated heterocycles. The minimum Gasteiger partial charge on any atom is -0.481 e. The Balaban J connectivity index is 2.13. The fourth-order valence-electron chi connectivity index (χ4n) is 4.00. The molecular weight excluding hydrogens is 396 g/mol. The third-order valence-corrected chi connectivity index (χ3v) is 5.60. The average Bonchev–Trinajstić information content (AvgIpc) is 3.33. The van der Waals surface area contributed by atoms with Crippen molar-refractivity contribution >= 4 is 29.7 Å². The second kappa shape index (κ2) is 9.88. The molecule has 2 heterocycles. The monoisotopic (exact) mass is 426 g/mol. The molecule has 0 aliphatic carbocycles. The molecule has 0 saturated carbocycles. The third-order valence-electron chi connectivity index (χ3n) is 5.60. The standard InChI is InChI=1S/C19H30N4O7/c1-10(2)15(21-16(26)11(20)9-14(24)25)18(28)22-7-3-5-12(22)17(27)23-8-4-6-13(23)19(29)30/h10-13,15H,3-9,20H2,1-2H3,(H,21,26)(H,24,25)(H,29,30)/t11-,12-,13-,15-/m0/s1. The van der Waals surface area contributed by atoms with Gasteiger partial charge in [0.25, 0.3) is 0 Å². The smallest absolute Gasteiger partial charge is 0.326 e. The predicted octanol–water partition coefficient (Wildman–Crippen LogP) is -1.00. The Hall–Kier alpha value is -2.69. The zero-order chi connectivity index (χ0) is 22.6. The number of hydrogen-bond acceptors (Lipinski definition) is 6. The van der Waals surface area contributed by atoms with E-state index in [0.29, 0.717) is 38.8 Å². The summed E-state index contributed by atoms with van der Waals surface area (Å²) < 4.78 is 0. The highest BCUT2D eigenvalue weighted by Gasteiger charge is 2.44. The second-order valence-electron chi connectivity index (χ2n) is 8.15. The van der Waals surface area contributed by atoms with Crippen molar-refractivity contribution in [2.75, 3.05) is 13.1 Å². The van der Waals surface area contributed by atoms with E-state index in [1.54, 1.807) is 13.8 Å². The summed E-state index contributed by atoms with van der Waals surface area (Å²) in [6, 6.07) is -3.93. The van der Waals surface area contributed by atoms with E-state index >= 15 is 0 Å². The van der Waals surface area contributed by atoms with Gasteiger partial charge in [-0.2, -0.15) is 0 Å². The van der Waals surface area contributed by atoms with Gasteiger partial charge in [0.15, 0.2) is 0 Å². The van der Waals surface area contributed by atoms with Gasteiger partial charge in [0.2, 0.25) is 17.7 Å². The molecule has 2 aliphatic rings. The fourth-order valence-corrected chi connectivity index (χ4v) is 4.00. The molecule has 0 radical (unpaired) electrons. The van der Waals surface area contributed by atoms with Crippen molar-refractivity contribution in [3.05, 3.63) is 0 Å². The topological polar surface area (TPSA) is 170 Å². The maximum atomic E-state index is 13.2. The molecule has 2 fully saturated rings. The van der Waals surface area contributed by atoms with Gasteiger partial charge in [-0.3, -0.25) is 19.2 Å². The van der Waals surface area contributed by atoms with Crippen LogP contribution in [0.25, 0.3) is 0 Å². The number of likely N-dealkylation sites (tertiary alicyclic amines) is 2. The molecule has 3 amide bonds. The zero-order valence-electron chi connectivity index (χ0n) is 17.2. The Kier molecular flexibility index (Phi) is 7.77. The van der Waals surface area contributed by atoms with Gasteiger partial charge in [0, 0.05) is 13.1 Å². The van der Waals surface area contributed by atoms with E-state index in [2.05, 4.69) is 5.32 Å². The fraction of sp³-hybridized carbons (Fsp3) is 0.737. The number of rotatable bonds is 8. The van der Waals surface area contributed by atoms with Crippen LogP contribution in [0.3, 0.4) is 0 Å². The Morgan fingerprint density at radius 2 is 1.57 bits per heavy atom. The molecule has 30 heavy (non-hydrogen) atoms. The van der Waals surface area contributed by atoms with Gasteiger partial charge >= 0.3 is 11.9 Å². The summed E-state index contributed by atoms with van der Waals surface area (Å²) in [5.74, 6) is -4.21. The second-order valence-corrected chi connectivity index (χ2v) is 8.15. The van der Waals surface area contributed by atoms with Gasteiger partial charge in [0.05, 0.1) is 12.5 Å². The summed E-state index contributed by atoms with van der Waals surface area (Å²) >= 11 is 0. The van der Waals surface area contributed by atoms with Gasteiger partial charge in [-0.15, -0.1) is 0 Å². The molecule has 0 aromatic carbocycles. The van der Waals surface area contributed by atoms with E-state index in [1.807, 2.05) is 0 Å².